The third kappa shape index (κ3) is 2.29. The molecule has 0 saturated heterocycles. The first kappa shape index (κ1) is 14.8. The van der Waals surface area contributed by atoms with E-state index in [9.17, 15) is 4.79 Å². The number of hydrogen-bond acceptors (Lipinski definition) is 4. The number of para-hydroxylation sites is 1. The summed E-state index contributed by atoms with van der Waals surface area (Å²) in [4.78, 5) is 26.9. The predicted octanol–water partition coefficient (Wildman–Crippen LogP) is 3.68. The summed E-state index contributed by atoms with van der Waals surface area (Å²) in [5.74, 6) is 0.546. The maximum Gasteiger partial charge on any atom is 0.262 e. The molecule has 0 fully saturated rings. The molecule has 1 aliphatic heterocycles. The molecule has 0 saturated carbocycles. The summed E-state index contributed by atoms with van der Waals surface area (Å²) >= 11 is 0. The standard InChI is InChI=1S/C21H16N4O/c26-20-18-16(14-6-2-1-3-7-14)10-12-22-19(18)23-21(24-20)25-13-11-15-8-4-5-9-17(15)25/h1-10,12H,11,13H2,(H,22,23,24,26). The zero-order chi connectivity index (χ0) is 17.5. The van der Waals surface area contributed by atoms with Gasteiger partial charge in [0.1, 0.15) is 0 Å². The molecular weight excluding hydrogens is 324 g/mol. The monoisotopic (exact) mass is 340 g/mol. The van der Waals surface area contributed by atoms with Gasteiger partial charge >= 0.3 is 0 Å². The van der Waals surface area contributed by atoms with Crippen molar-refractivity contribution < 1.29 is 0 Å². The summed E-state index contributed by atoms with van der Waals surface area (Å²) in [5, 5.41) is 0.523. The van der Waals surface area contributed by atoms with Crippen LogP contribution in [0.2, 0.25) is 0 Å². The van der Waals surface area contributed by atoms with Crippen molar-refractivity contribution in [3.63, 3.8) is 0 Å². The molecule has 0 unspecified atom stereocenters. The van der Waals surface area contributed by atoms with E-state index in [1.165, 1.54) is 5.56 Å². The Hall–Kier alpha value is -3.47. The van der Waals surface area contributed by atoms with Gasteiger partial charge in [0.05, 0.1) is 5.39 Å². The number of pyridine rings is 1. The van der Waals surface area contributed by atoms with E-state index in [0.29, 0.717) is 17.0 Å². The van der Waals surface area contributed by atoms with E-state index in [-0.39, 0.29) is 5.56 Å². The smallest absolute Gasteiger partial charge is 0.262 e. The van der Waals surface area contributed by atoms with Crippen LogP contribution in [0.5, 0.6) is 0 Å². The number of nitrogens with zero attached hydrogens (tertiary/aromatic N) is 3. The summed E-state index contributed by atoms with van der Waals surface area (Å²) in [6, 6.07) is 19.9. The first-order valence-corrected chi connectivity index (χ1v) is 8.61. The maximum atomic E-state index is 12.9. The summed E-state index contributed by atoms with van der Waals surface area (Å²) in [5.41, 5.74) is 4.48. The lowest BCUT2D eigenvalue weighted by Gasteiger charge is -2.18. The van der Waals surface area contributed by atoms with Crippen LogP contribution in [0.3, 0.4) is 0 Å². The van der Waals surface area contributed by atoms with Crippen LogP contribution in [0.15, 0.2) is 71.7 Å². The predicted molar refractivity (Wildman–Crippen MR) is 103 cm³/mol. The molecule has 1 aliphatic rings. The van der Waals surface area contributed by atoms with E-state index in [2.05, 4.69) is 27.1 Å². The quantitative estimate of drug-likeness (QED) is 0.605. The van der Waals surface area contributed by atoms with Crippen LogP contribution in [0, 0.1) is 0 Å². The van der Waals surface area contributed by atoms with E-state index in [4.69, 9.17) is 0 Å². The molecule has 0 bridgehead atoms. The van der Waals surface area contributed by atoms with E-state index in [1.54, 1.807) is 6.20 Å². The minimum absolute atomic E-state index is 0.165. The molecule has 5 heteroatoms. The first-order chi connectivity index (χ1) is 12.8. The van der Waals surface area contributed by atoms with Gasteiger partial charge in [-0.1, -0.05) is 48.5 Å². The van der Waals surface area contributed by atoms with E-state index in [0.717, 1.165) is 29.8 Å². The number of fused-ring (bicyclic) bond motifs is 2. The Morgan fingerprint density at radius 2 is 1.77 bits per heavy atom. The normalized spacial score (nSPS) is 13.2. The molecule has 4 aromatic rings. The van der Waals surface area contributed by atoms with Gasteiger partial charge in [0.25, 0.3) is 5.56 Å². The highest BCUT2D eigenvalue weighted by molar-refractivity contribution is 5.92. The number of H-pyrrole nitrogens is 1. The first-order valence-electron chi connectivity index (χ1n) is 8.61. The van der Waals surface area contributed by atoms with Crippen LogP contribution in [0.4, 0.5) is 11.6 Å². The number of aromatic amines is 1. The number of rotatable bonds is 2. The Labute approximate surface area is 150 Å². The molecule has 2 aromatic heterocycles. The topological polar surface area (TPSA) is 61.9 Å². The minimum Gasteiger partial charge on any atom is -0.311 e. The van der Waals surface area contributed by atoms with Crippen LogP contribution in [-0.2, 0) is 6.42 Å². The number of hydrogen-bond donors (Lipinski definition) is 1. The fraction of sp³-hybridized carbons (Fsp3) is 0.0952. The van der Waals surface area contributed by atoms with Crippen molar-refractivity contribution in [3.05, 3.63) is 82.8 Å². The van der Waals surface area contributed by atoms with Gasteiger partial charge in [-0.15, -0.1) is 0 Å². The zero-order valence-electron chi connectivity index (χ0n) is 14.0. The third-order valence-corrected chi connectivity index (χ3v) is 4.82. The van der Waals surface area contributed by atoms with Crippen LogP contribution in [-0.4, -0.2) is 21.5 Å². The maximum absolute atomic E-state index is 12.9. The Balaban J connectivity index is 1.69. The average molecular weight is 340 g/mol. The van der Waals surface area contributed by atoms with Gasteiger partial charge in [-0.05, 0) is 35.2 Å². The van der Waals surface area contributed by atoms with Crippen molar-refractivity contribution >= 4 is 22.7 Å². The van der Waals surface area contributed by atoms with Crippen molar-refractivity contribution in [2.24, 2.45) is 0 Å². The molecule has 5 nitrogen and oxygen atoms in total. The second-order valence-electron chi connectivity index (χ2n) is 6.34. The molecule has 0 aliphatic carbocycles. The Kier molecular flexibility index (Phi) is 3.31. The molecule has 0 amide bonds. The number of nitrogens with one attached hydrogen (secondary N) is 1. The highest BCUT2D eigenvalue weighted by Gasteiger charge is 2.22. The van der Waals surface area contributed by atoms with Gasteiger partial charge in [-0.25, -0.2) is 4.98 Å². The van der Waals surface area contributed by atoms with Crippen molar-refractivity contribution in [2.75, 3.05) is 11.4 Å². The van der Waals surface area contributed by atoms with Crippen LogP contribution in [0.25, 0.3) is 22.2 Å². The van der Waals surface area contributed by atoms with E-state index < -0.39 is 0 Å². The molecule has 2 aromatic carbocycles. The Morgan fingerprint density at radius 1 is 0.962 bits per heavy atom. The molecule has 1 N–H and O–H groups in total. The van der Waals surface area contributed by atoms with Crippen molar-refractivity contribution in [3.8, 4) is 11.1 Å². The lowest BCUT2D eigenvalue weighted by molar-refractivity contribution is 0.938. The summed E-state index contributed by atoms with van der Waals surface area (Å²) < 4.78 is 0. The van der Waals surface area contributed by atoms with Crippen LogP contribution < -0.4 is 10.5 Å². The molecule has 0 spiro atoms. The van der Waals surface area contributed by atoms with Gasteiger partial charge in [-0.2, -0.15) is 4.98 Å². The Morgan fingerprint density at radius 3 is 2.65 bits per heavy atom. The molecule has 26 heavy (non-hydrogen) atoms. The van der Waals surface area contributed by atoms with Crippen LogP contribution in [0.1, 0.15) is 5.56 Å². The zero-order valence-corrected chi connectivity index (χ0v) is 14.0. The fourth-order valence-electron chi connectivity index (χ4n) is 3.60. The highest BCUT2D eigenvalue weighted by Crippen LogP contribution is 2.32. The summed E-state index contributed by atoms with van der Waals surface area (Å²) in [6.07, 6.45) is 2.65. The summed E-state index contributed by atoms with van der Waals surface area (Å²) in [7, 11) is 0. The van der Waals surface area contributed by atoms with Gasteiger partial charge in [0.2, 0.25) is 5.95 Å². The van der Waals surface area contributed by atoms with Gasteiger partial charge in [0.15, 0.2) is 5.65 Å². The second-order valence-corrected chi connectivity index (χ2v) is 6.34. The SMILES string of the molecule is O=c1[nH]c(N2CCc3ccccc32)nc2nccc(-c3ccccc3)c12. The van der Waals surface area contributed by atoms with Gasteiger partial charge in [0, 0.05) is 18.4 Å². The largest absolute Gasteiger partial charge is 0.311 e. The van der Waals surface area contributed by atoms with Crippen molar-refractivity contribution in [1.29, 1.82) is 0 Å². The molecule has 3 heterocycles. The molecule has 0 atom stereocenters. The second kappa shape index (κ2) is 5.81. The third-order valence-electron chi connectivity index (χ3n) is 4.82. The molecular formula is C21H16N4O. The number of benzene rings is 2. The molecule has 126 valence electrons. The molecule has 0 radical (unpaired) electrons. The fourth-order valence-corrected chi connectivity index (χ4v) is 3.60. The van der Waals surface area contributed by atoms with Gasteiger partial charge in [-0.3, -0.25) is 9.78 Å². The van der Waals surface area contributed by atoms with E-state index >= 15 is 0 Å². The van der Waals surface area contributed by atoms with Gasteiger partial charge < -0.3 is 4.90 Å². The van der Waals surface area contributed by atoms with Crippen molar-refractivity contribution in [2.45, 2.75) is 6.42 Å². The lowest BCUT2D eigenvalue weighted by Crippen LogP contribution is -2.21. The lowest BCUT2D eigenvalue weighted by atomic mass is 10.0. The summed E-state index contributed by atoms with van der Waals surface area (Å²) in [6.45, 7) is 0.798. The van der Waals surface area contributed by atoms with Crippen molar-refractivity contribution in [1.82, 2.24) is 15.0 Å². The van der Waals surface area contributed by atoms with E-state index in [1.807, 2.05) is 53.4 Å². The highest BCUT2D eigenvalue weighted by atomic mass is 16.1. The molecule has 5 rings (SSSR count). The number of anilines is 2. The average Bonchev–Trinajstić information content (AvgIpc) is 3.12. The minimum atomic E-state index is -0.165. The Bertz CT molecular complexity index is 1170. The number of aromatic nitrogens is 3. The van der Waals surface area contributed by atoms with Crippen LogP contribution >= 0.6 is 0 Å².